The van der Waals surface area contributed by atoms with E-state index in [0.717, 1.165) is 11.1 Å². The maximum atomic E-state index is 12.6. The number of amides is 1. The number of carbonyl (C=O) groups excluding carboxylic acids is 1. The molecule has 0 radical (unpaired) electrons. The summed E-state index contributed by atoms with van der Waals surface area (Å²) in [6, 6.07) is 22.1. The molecule has 3 rings (SSSR count). The van der Waals surface area contributed by atoms with Crippen LogP contribution in [0.4, 0.5) is 5.69 Å². The molecule has 1 atom stereocenters. The molecule has 3 aromatic rings. The zero-order chi connectivity index (χ0) is 21.5. The smallest absolute Gasteiger partial charge is 0.265 e. The molecule has 1 unspecified atom stereocenters. The standard InChI is InChI=1S/C24H22N2O4/c1-16(24(27)26-22-14-21(28-2)12-13-23(22)29-3)30-20-10-8-19(9-11-20)18-6-4-17(15-25)5-7-18/h4-14,16H,1-3H3,(H,26,27). The molecule has 152 valence electrons. The Morgan fingerprint density at radius 1 is 0.900 bits per heavy atom. The van der Waals surface area contributed by atoms with Crippen molar-refractivity contribution in [3.63, 3.8) is 0 Å². The van der Waals surface area contributed by atoms with E-state index in [9.17, 15) is 4.79 Å². The topological polar surface area (TPSA) is 80.6 Å². The number of nitrogens with zero attached hydrogens (tertiary/aromatic N) is 1. The van der Waals surface area contributed by atoms with Gasteiger partial charge in [0.25, 0.3) is 5.91 Å². The minimum absolute atomic E-state index is 0.308. The monoisotopic (exact) mass is 402 g/mol. The molecule has 6 heteroatoms. The second-order valence-corrected chi connectivity index (χ2v) is 6.53. The lowest BCUT2D eigenvalue weighted by molar-refractivity contribution is -0.122. The van der Waals surface area contributed by atoms with Crippen LogP contribution in [-0.2, 0) is 4.79 Å². The van der Waals surface area contributed by atoms with Gasteiger partial charge in [0, 0.05) is 6.07 Å². The first kappa shape index (κ1) is 20.7. The molecule has 0 aliphatic rings. The molecule has 30 heavy (non-hydrogen) atoms. The second-order valence-electron chi connectivity index (χ2n) is 6.53. The van der Waals surface area contributed by atoms with E-state index in [2.05, 4.69) is 11.4 Å². The van der Waals surface area contributed by atoms with Crippen molar-refractivity contribution in [3.05, 3.63) is 72.3 Å². The number of rotatable bonds is 7. The van der Waals surface area contributed by atoms with E-state index in [4.69, 9.17) is 19.5 Å². The van der Waals surface area contributed by atoms with E-state index in [0.29, 0.717) is 28.5 Å². The van der Waals surface area contributed by atoms with Gasteiger partial charge in [0.2, 0.25) is 0 Å². The molecule has 0 heterocycles. The van der Waals surface area contributed by atoms with Crippen LogP contribution >= 0.6 is 0 Å². The van der Waals surface area contributed by atoms with Crippen LogP contribution in [0.1, 0.15) is 12.5 Å². The first-order valence-corrected chi connectivity index (χ1v) is 9.34. The van der Waals surface area contributed by atoms with Gasteiger partial charge in [0.15, 0.2) is 6.10 Å². The number of hydrogen-bond acceptors (Lipinski definition) is 5. The van der Waals surface area contributed by atoms with Crippen LogP contribution in [0.5, 0.6) is 17.2 Å². The van der Waals surface area contributed by atoms with Gasteiger partial charge in [0.05, 0.1) is 31.5 Å². The largest absolute Gasteiger partial charge is 0.497 e. The van der Waals surface area contributed by atoms with Crippen molar-refractivity contribution in [1.82, 2.24) is 0 Å². The van der Waals surface area contributed by atoms with Gasteiger partial charge in [0.1, 0.15) is 17.2 Å². The van der Waals surface area contributed by atoms with Gasteiger partial charge in [-0.25, -0.2) is 0 Å². The third-order valence-corrected chi connectivity index (χ3v) is 4.55. The Hall–Kier alpha value is -3.98. The Kier molecular flexibility index (Phi) is 6.56. The van der Waals surface area contributed by atoms with Crippen LogP contribution in [0.25, 0.3) is 11.1 Å². The molecular weight excluding hydrogens is 380 g/mol. The van der Waals surface area contributed by atoms with Gasteiger partial charge >= 0.3 is 0 Å². The molecular formula is C24H22N2O4. The summed E-state index contributed by atoms with van der Waals surface area (Å²) in [6.45, 7) is 1.68. The number of nitrogens with one attached hydrogen (secondary N) is 1. The molecule has 1 amide bonds. The van der Waals surface area contributed by atoms with Gasteiger partial charge in [-0.3, -0.25) is 4.79 Å². The van der Waals surface area contributed by atoms with Crippen molar-refractivity contribution >= 4 is 11.6 Å². The first-order chi connectivity index (χ1) is 14.5. The van der Waals surface area contributed by atoms with Gasteiger partial charge < -0.3 is 19.5 Å². The Balaban J connectivity index is 1.66. The van der Waals surface area contributed by atoms with Crippen molar-refractivity contribution in [1.29, 1.82) is 5.26 Å². The fourth-order valence-electron chi connectivity index (χ4n) is 2.87. The molecule has 0 aliphatic heterocycles. The number of methoxy groups -OCH3 is 2. The quantitative estimate of drug-likeness (QED) is 0.622. The number of benzene rings is 3. The third-order valence-electron chi connectivity index (χ3n) is 4.55. The lowest BCUT2D eigenvalue weighted by atomic mass is 10.0. The number of nitriles is 1. The van der Waals surface area contributed by atoms with Crippen molar-refractivity contribution in [3.8, 4) is 34.4 Å². The first-order valence-electron chi connectivity index (χ1n) is 9.34. The summed E-state index contributed by atoms with van der Waals surface area (Å²) in [5.74, 6) is 1.41. The normalized spacial score (nSPS) is 11.1. The average Bonchev–Trinajstić information content (AvgIpc) is 2.79. The van der Waals surface area contributed by atoms with Gasteiger partial charge in [-0.15, -0.1) is 0 Å². The minimum atomic E-state index is -0.721. The van der Waals surface area contributed by atoms with E-state index >= 15 is 0 Å². The highest BCUT2D eigenvalue weighted by Gasteiger charge is 2.17. The minimum Gasteiger partial charge on any atom is -0.497 e. The molecule has 0 aromatic heterocycles. The highest BCUT2D eigenvalue weighted by atomic mass is 16.5. The van der Waals surface area contributed by atoms with Crippen molar-refractivity contribution in [2.24, 2.45) is 0 Å². The van der Waals surface area contributed by atoms with E-state index in [1.807, 2.05) is 36.4 Å². The highest BCUT2D eigenvalue weighted by molar-refractivity contribution is 5.95. The summed E-state index contributed by atoms with van der Waals surface area (Å²) >= 11 is 0. The van der Waals surface area contributed by atoms with E-state index in [-0.39, 0.29) is 5.91 Å². The number of carbonyl (C=O) groups is 1. The van der Waals surface area contributed by atoms with Crippen LogP contribution in [0.15, 0.2) is 66.7 Å². The summed E-state index contributed by atoms with van der Waals surface area (Å²) in [5.41, 5.74) is 3.11. The molecule has 3 aromatic carbocycles. The highest BCUT2D eigenvalue weighted by Crippen LogP contribution is 2.29. The van der Waals surface area contributed by atoms with Gasteiger partial charge in [-0.1, -0.05) is 24.3 Å². The average molecular weight is 402 g/mol. The molecule has 6 nitrogen and oxygen atoms in total. The lowest BCUT2D eigenvalue weighted by Gasteiger charge is -2.17. The Morgan fingerprint density at radius 2 is 1.50 bits per heavy atom. The zero-order valence-corrected chi connectivity index (χ0v) is 17.0. The fourth-order valence-corrected chi connectivity index (χ4v) is 2.87. The fraction of sp³-hybridized carbons (Fsp3) is 0.167. The zero-order valence-electron chi connectivity index (χ0n) is 17.0. The maximum Gasteiger partial charge on any atom is 0.265 e. The molecule has 0 fully saturated rings. The summed E-state index contributed by atoms with van der Waals surface area (Å²) < 4.78 is 16.3. The predicted octanol–water partition coefficient (Wildman–Crippen LogP) is 4.65. The van der Waals surface area contributed by atoms with Crippen LogP contribution in [0.3, 0.4) is 0 Å². The summed E-state index contributed by atoms with van der Waals surface area (Å²) in [6.07, 6.45) is -0.721. The number of anilines is 1. The van der Waals surface area contributed by atoms with E-state index in [1.165, 1.54) is 7.11 Å². The number of ether oxygens (including phenoxy) is 3. The van der Waals surface area contributed by atoms with E-state index < -0.39 is 6.10 Å². The van der Waals surface area contributed by atoms with E-state index in [1.54, 1.807) is 44.4 Å². The van der Waals surface area contributed by atoms with Crippen LogP contribution < -0.4 is 19.5 Å². The molecule has 0 bridgehead atoms. The Labute approximate surface area is 175 Å². The third kappa shape index (κ3) is 4.89. The van der Waals surface area contributed by atoms with Gasteiger partial charge in [-0.2, -0.15) is 5.26 Å². The maximum absolute atomic E-state index is 12.6. The molecule has 1 N–H and O–H groups in total. The predicted molar refractivity (Wildman–Crippen MR) is 115 cm³/mol. The molecule has 0 saturated carbocycles. The SMILES string of the molecule is COc1ccc(OC)c(NC(=O)C(C)Oc2ccc(-c3ccc(C#N)cc3)cc2)c1. The van der Waals surface area contributed by atoms with Gasteiger partial charge in [-0.05, 0) is 54.4 Å². The number of hydrogen-bond donors (Lipinski definition) is 1. The lowest BCUT2D eigenvalue weighted by Crippen LogP contribution is -2.30. The van der Waals surface area contributed by atoms with Crippen molar-refractivity contribution < 1.29 is 19.0 Å². The van der Waals surface area contributed by atoms with Crippen LogP contribution in [0.2, 0.25) is 0 Å². The van der Waals surface area contributed by atoms with Crippen molar-refractivity contribution in [2.45, 2.75) is 13.0 Å². The second kappa shape index (κ2) is 9.48. The van der Waals surface area contributed by atoms with Crippen molar-refractivity contribution in [2.75, 3.05) is 19.5 Å². The Morgan fingerprint density at radius 3 is 2.07 bits per heavy atom. The summed E-state index contributed by atoms with van der Waals surface area (Å²) in [4.78, 5) is 12.6. The van der Waals surface area contributed by atoms with Crippen LogP contribution in [-0.4, -0.2) is 26.2 Å². The molecule has 0 aliphatic carbocycles. The molecule has 0 spiro atoms. The summed E-state index contributed by atoms with van der Waals surface area (Å²) in [7, 11) is 3.09. The Bertz CT molecular complexity index is 1050. The van der Waals surface area contributed by atoms with Crippen LogP contribution in [0, 0.1) is 11.3 Å². The summed E-state index contributed by atoms with van der Waals surface area (Å²) in [5, 5.41) is 11.7. The molecule has 0 saturated heterocycles.